The van der Waals surface area contributed by atoms with Crippen molar-refractivity contribution < 1.29 is 39.9 Å². The van der Waals surface area contributed by atoms with Gasteiger partial charge in [-0.05, 0) is 24.1 Å². The lowest BCUT2D eigenvalue weighted by molar-refractivity contribution is -0.140. The largest absolute Gasteiger partial charge is 0.370 e. The van der Waals surface area contributed by atoms with Crippen molar-refractivity contribution in [1.29, 1.82) is 0 Å². The zero-order valence-corrected chi connectivity index (χ0v) is 17.1. The average molecular weight is 473 g/mol. The minimum absolute atomic E-state index is 0. The highest BCUT2D eigenvalue weighted by Crippen LogP contribution is 3.02. The molecule has 3 saturated heterocycles. The molecule has 0 saturated carbocycles. The second-order valence-electron chi connectivity index (χ2n) is 7.99. The summed E-state index contributed by atoms with van der Waals surface area (Å²) in [6.07, 6.45) is 0.230. The molecule has 176 valence electrons. The summed E-state index contributed by atoms with van der Waals surface area (Å²) in [6.45, 7) is 1.48. The molecule has 3 heterocycles. The maximum Gasteiger partial charge on any atom is 0.320 e. The third-order valence-electron chi connectivity index (χ3n) is 5.57. The van der Waals surface area contributed by atoms with Crippen molar-refractivity contribution in [2.75, 3.05) is 32.8 Å². The number of amides is 3. The van der Waals surface area contributed by atoms with E-state index in [1.165, 1.54) is 0 Å². The highest BCUT2D eigenvalue weighted by atomic mass is 32.5. The second kappa shape index (κ2) is 6.94. The number of carbonyl (C=O) groups excluding carboxylic acids is 2. The van der Waals surface area contributed by atoms with E-state index in [1.807, 2.05) is 0 Å². The Morgan fingerprint density at radius 1 is 1.13 bits per heavy atom. The Bertz CT molecular complexity index is 884. The van der Waals surface area contributed by atoms with Crippen LogP contribution < -0.4 is 5.32 Å². The number of benzene rings is 1. The fraction of sp³-hybridized carbons (Fsp3) is 0.556. The van der Waals surface area contributed by atoms with Crippen LogP contribution >= 0.6 is 10.2 Å². The Labute approximate surface area is 176 Å². The molecule has 0 unspecified atom stereocenters. The maximum atomic E-state index is 12.7. The number of morpholine rings is 1. The van der Waals surface area contributed by atoms with Crippen molar-refractivity contribution in [2.45, 2.75) is 36.2 Å². The van der Waals surface area contributed by atoms with E-state index in [1.54, 1.807) is 9.80 Å². The summed E-state index contributed by atoms with van der Waals surface area (Å²) in [4.78, 5) is 25.4. The van der Waals surface area contributed by atoms with E-state index in [-0.39, 0.29) is 44.8 Å². The number of fused-ring (bicyclic) bond motifs is 1. The number of halogens is 5. The summed E-state index contributed by atoms with van der Waals surface area (Å²) in [5.74, 6) is -0.207. The molecule has 0 spiro atoms. The Morgan fingerprint density at radius 2 is 1.81 bits per heavy atom. The van der Waals surface area contributed by atoms with Crippen molar-refractivity contribution in [3.63, 3.8) is 0 Å². The van der Waals surface area contributed by atoms with Crippen LogP contribution in [0.4, 0.5) is 24.2 Å². The molecule has 3 aliphatic rings. The number of carbonyl (C=O) groups is 2. The fourth-order valence-corrected chi connectivity index (χ4v) is 4.48. The number of nitrogens with zero attached hydrogens (tertiary/aromatic N) is 2. The third-order valence-corrected chi connectivity index (χ3v) is 6.73. The Balaban J connectivity index is 0.00000289. The number of hydrogen-bond acceptors (Lipinski definition) is 4. The summed E-state index contributed by atoms with van der Waals surface area (Å²) in [7, 11) is -9.68. The van der Waals surface area contributed by atoms with Crippen LogP contribution in [0.3, 0.4) is 0 Å². The number of piperidine rings is 1. The molecular formula is C18H24F5N3O4S. The lowest BCUT2D eigenvalue weighted by atomic mass is 10.0. The summed E-state index contributed by atoms with van der Waals surface area (Å²) in [5.41, 5.74) is 0.325. The maximum absolute atomic E-state index is 12.7. The molecule has 0 aliphatic carbocycles. The topological polar surface area (TPSA) is 71.1 Å². The van der Waals surface area contributed by atoms with Gasteiger partial charge in [-0.1, -0.05) is 31.6 Å². The standard InChI is InChI=1S/C18H22F5N3O4S.H2/c19-31(20,21,22,23)14-3-1-12(2-4-14)10-29-13-7-26(8-13)18(28)25-6-5-16-15(9-25)24-17(27)11-30-16;/h1-4,13,15-16H,5-11H2,(H,24,27);1H/t15-,16+;/m1./s1. The number of ether oxygens (including phenoxy) is 2. The van der Waals surface area contributed by atoms with Gasteiger partial charge < -0.3 is 24.6 Å². The molecule has 0 radical (unpaired) electrons. The molecule has 3 aliphatic heterocycles. The third kappa shape index (κ3) is 5.04. The van der Waals surface area contributed by atoms with Gasteiger partial charge in [-0.2, -0.15) is 0 Å². The zero-order valence-electron chi connectivity index (χ0n) is 16.3. The molecule has 13 heteroatoms. The number of urea groups is 1. The number of nitrogens with one attached hydrogen (secondary N) is 1. The molecule has 2 atom stereocenters. The molecule has 0 aromatic heterocycles. The summed E-state index contributed by atoms with van der Waals surface area (Å²) >= 11 is 0. The normalized spacial score (nSPS) is 26.9. The summed E-state index contributed by atoms with van der Waals surface area (Å²) < 4.78 is 74.7. The minimum Gasteiger partial charge on any atom is -0.370 e. The van der Waals surface area contributed by atoms with E-state index >= 15 is 0 Å². The zero-order chi connectivity index (χ0) is 22.5. The van der Waals surface area contributed by atoms with Crippen LogP contribution in [0.25, 0.3) is 0 Å². The first-order valence-corrected chi connectivity index (χ1v) is 11.6. The number of likely N-dealkylation sites (tertiary alicyclic amines) is 2. The van der Waals surface area contributed by atoms with E-state index in [0.29, 0.717) is 50.3 Å². The first kappa shape index (κ1) is 22.1. The van der Waals surface area contributed by atoms with Crippen LogP contribution in [0.15, 0.2) is 29.2 Å². The molecule has 1 N–H and O–H groups in total. The minimum atomic E-state index is -9.68. The first-order chi connectivity index (χ1) is 14.3. The van der Waals surface area contributed by atoms with E-state index < -0.39 is 15.1 Å². The number of rotatable bonds is 4. The molecule has 7 nitrogen and oxygen atoms in total. The molecule has 1 aromatic carbocycles. The van der Waals surface area contributed by atoms with Crippen molar-refractivity contribution in [3.05, 3.63) is 29.8 Å². The summed E-state index contributed by atoms with van der Waals surface area (Å²) in [6, 6.07) is 2.21. The van der Waals surface area contributed by atoms with Crippen LogP contribution in [0.2, 0.25) is 0 Å². The lowest BCUT2D eigenvalue weighted by Gasteiger charge is -2.46. The van der Waals surface area contributed by atoms with Crippen molar-refractivity contribution in [1.82, 2.24) is 15.1 Å². The molecule has 3 fully saturated rings. The van der Waals surface area contributed by atoms with Crippen LogP contribution in [-0.2, 0) is 20.9 Å². The van der Waals surface area contributed by atoms with E-state index in [9.17, 15) is 29.0 Å². The van der Waals surface area contributed by atoms with E-state index in [2.05, 4.69) is 5.32 Å². The Morgan fingerprint density at radius 3 is 2.45 bits per heavy atom. The molecule has 31 heavy (non-hydrogen) atoms. The average Bonchev–Trinajstić information content (AvgIpc) is 2.64. The Hall–Kier alpha value is -2.12. The highest BCUT2D eigenvalue weighted by Gasteiger charge is 2.65. The van der Waals surface area contributed by atoms with Gasteiger partial charge in [-0.3, -0.25) is 4.79 Å². The molecular weight excluding hydrogens is 449 g/mol. The quantitative estimate of drug-likeness (QED) is 0.680. The van der Waals surface area contributed by atoms with Gasteiger partial charge in [0.1, 0.15) is 11.5 Å². The van der Waals surface area contributed by atoms with Gasteiger partial charge in [0.25, 0.3) is 0 Å². The van der Waals surface area contributed by atoms with Gasteiger partial charge in [-0.25, -0.2) is 4.79 Å². The van der Waals surface area contributed by atoms with Gasteiger partial charge in [0.15, 0.2) is 0 Å². The molecule has 1 aromatic rings. The fourth-order valence-electron chi connectivity index (χ4n) is 3.83. The van der Waals surface area contributed by atoms with Gasteiger partial charge in [0.05, 0.1) is 37.9 Å². The van der Waals surface area contributed by atoms with Crippen LogP contribution in [-0.4, -0.2) is 72.8 Å². The van der Waals surface area contributed by atoms with Crippen molar-refractivity contribution in [3.8, 4) is 0 Å². The smallest absolute Gasteiger partial charge is 0.320 e. The van der Waals surface area contributed by atoms with E-state index in [4.69, 9.17) is 9.47 Å². The van der Waals surface area contributed by atoms with Crippen molar-refractivity contribution in [2.24, 2.45) is 0 Å². The van der Waals surface area contributed by atoms with Gasteiger partial charge in [0.2, 0.25) is 5.91 Å². The van der Waals surface area contributed by atoms with Gasteiger partial charge in [0, 0.05) is 14.5 Å². The Kier molecular flexibility index (Phi) is 4.94. The second-order valence-corrected chi connectivity index (χ2v) is 10.4. The van der Waals surface area contributed by atoms with Gasteiger partial charge in [-0.15, -0.1) is 0 Å². The van der Waals surface area contributed by atoms with E-state index in [0.717, 1.165) is 12.1 Å². The predicted molar refractivity (Wildman–Crippen MR) is 103 cm³/mol. The monoisotopic (exact) mass is 473 g/mol. The van der Waals surface area contributed by atoms with Gasteiger partial charge >= 0.3 is 16.3 Å². The summed E-state index contributed by atoms with van der Waals surface area (Å²) in [5, 5.41) is 2.83. The highest BCUT2D eigenvalue weighted by molar-refractivity contribution is 8.45. The van der Waals surface area contributed by atoms with Crippen molar-refractivity contribution >= 4 is 22.2 Å². The lowest BCUT2D eigenvalue weighted by Crippen LogP contribution is -2.65. The van der Waals surface area contributed by atoms with Crippen LogP contribution in [0, 0.1) is 0 Å². The number of hydrogen-bond donors (Lipinski definition) is 1. The van der Waals surface area contributed by atoms with Crippen LogP contribution in [0.1, 0.15) is 13.4 Å². The molecule has 4 rings (SSSR count). The molecule has 0 bridgehead atoms. The first-order valence-electron chi connectivity index (χ1n) is 9.68. The van der Waals surface area contributed by atoms with Crippen LogP contribution in [0.5, 0.6) is 0 Å². The predicted octanol–water partition coefficient (Wildman–Crippen LogP) is 3.50. The SMILES string of the molecule is O=C1CO[C@H]2CCN(C(=O)N3CC(OCc4ccc(S(F)(F)(F)(F)F)cc4)C3)C[C@H]2N1.[HH]. The molecule has 3 amide bonds.